The SMILES string of the molecule is CCC(C)Oc1nc(Cl)c2cnc(NC3CCOCC3)nn12. The van der Waals surface area contributed by atoms with Crippen molar-refractivity contribution < 1.29 is 9.47 Å². The number of aromatic nitrogens is 4. The second-order valence-electron chi connectivity index (χ2n) is 5.43. The first-order valence-corrected chi connectivity index (χ1v) is 7.97. The Labute approximate surface area is 134 Å². The third kappa shape index (κ3) is 3.25. The number of nitrogens with zero attached hydrogens (tertiary/aromatic N) is 4. The van der Waals surface area contributed by atoms with Crippen LogP contribution in [0.3, 0.4) is 0 Å². The Balaban J connectivity index is 1.85. The third-order valence-electron chi connectivity index (χ3n) is 3.75. The van der Waals surface area contributed by atoms with E-state index in [1.54, 1.807) is 10.7 Å². The lowest BCUT2D eigenvalue weighted by molar-refractivity contribution is 0.0902. The lowest BCUT2D eigenvalue weighted by Crippen LogP contribution is -2.29. The summed E-state index contributed by atoms with van der Waals surface area (Å²) >= 11 is 6.12. The Kier molecular flexibility index (Phi) is 4.63. The molecule has 0 aromatic carbocycles. The molecule has 0 radical (unpaired) electrons. The summed E-state index contributed by atoms with van der Waals surface area (Å²) in [4.78, 5) is 8.53. The van der Waals surface area contributed by atoms with Crippen LogP contribution in [0.4, 0.5) is 5.95 Å². The summed E-state index contributed by atoms with van der Waals surface area (Å²) < 4.78 is 12.7. The molecule has 2 aromatic rings. The van der Waals surface area contributed by atoms with Crippen LogP contribution in [-0.4, -0.2) is 44.9 Å². The van der Waals surface area contributed by atoms with Crippen molar-refractivity contribution in [3.05, 3.63) is 11.3 Å². The fourth-order valence-electron chi connectivity index (χ4n) is 2.26. The number of hydrogen-bond donors (Lipinski definition) is 1. The van der Waals surface area contributed by atoms with Crippen LogP contribution in [0.2, 0.25) is 5.15 Å². The van der Waals surface area contributed by atoms with Gasteiger partial charge in [-0.05, 0) is 26.2 Å². The van der Waals surface area contributed by atoms with Crippen LogP contribution in [0.25, 0.3) is 5.52 Å². The highest BCUT2D eigenvalue weighted by Gasteiger charge is 2.18. The predicted molar refractivity (Wildman–Crippen MR) is 83.6 cm³/mol. The highest BCUT2D eigenvalue weighted by molar-refractivity contribution is 6.32. The maximum atomic E-state index is 6.12. The Morgan fingerprint density at radius 1 is 1.50 bits per heavy atom. The molecule has 1 atom stereocenters. The van der Waals surface area contributed by atoms with Gasteiger partial charge in [0.25, 0.3) is 0 Å². The van der Waals surface area contributed by atoms with E-state index in [9.17, 15) is 0 Å². The Bertz CT molecular complexity index is 641. The molecule has 3 rings (SSSR count). The predicted octanol–water partition coefficient (Wildman–Crippen LogP) is 2.55. The van der Waals surface area contributed by atoms with Crippen molar-refractivity contribution in [2.45, 2.75) is 45.3 Å². The number of fused-ring (bicyclic) bond motifs is 1. The van der Waals surface area contributed by atoms with E-state index in [4.69, 9.17) is 21.1 Å². The average Bonchev–Trinajstić information content (AvgIpc) is 2.84. The summed E-state index contributed by atoms with van der Waals surface area (Å²) in [6, 6.07) is 0.718. The standard InChI is InChI=1S/C14H20ClN5O2/c1-3-9(2)22-14-18-12(15)11-8-16-13(19-20(11)14)17-10-4-6-21-7-5-10/h8-10H,3-7H2,1-2H3,(H,17,19). The molecule has 1 fully saturated rings. The van der Waals surface area contributed by atoms with E-state index in [2.05, 4.69) is 27.3 Å². The normalized spacial score (nSPS) is 17.6. The molecule has 0 bridgehead atoms. The average molecular weight is 326 g/mol. The van der Waals surface area contributed by atoms with E-state index in [0.29, 0.717) is 28.7 Å². The monoisotopic (exact) mass is 325 g/mol. The molecule has 0 amide bonds. The minimum Gasteiger partial charge on any atom is -0.460 e. The molecule has 1 saturated heterocycles. The van der Waals surface area contributed by atoms with Crippen molar-refractivity contribution in [3.63, 3.8) is 0 Å². The molecule has 3 heterocycles. The van der Waals surface area contributed by atoms with Gasteiger partial charge >= 0.3 is 6.01 Å². The van der Waals surface area contributed by atoms with Crippen LogP contribution in [0.1, 0.15) is 33.1 Å². The number of rotatable bonds is 5. The maximum absolute atomic E-state index is 6.12. The molecule has 1 unspecified atom stereocenters. The second kappa shape index (κ2) is 6.66. The fourth-order valence-corrected chi connectivity index (χ4v) is 2.46. The molecule has 8 heteroatoms. The van der Waals surface area contributed by atoms with Crippen molar-refractivity contribution in [1.29, 1.82) is 0 Å². The Hall–Kier alpha value is -1.60. The number of imidazole rings is 1. The Morgan fingerprint density at radius 3 is 3.00 bits per heavy atom. The van der Waals surface area contributed by atoms with Crippen LogP contribution < -0.4 is 10.1 Å². The summed E-state index contributed by atoms with van der Waals surface area (Å²) in [7, 11) is 0. The number of ether oxygens (including phenoxy) is 2. The van der Waals surface area contributed by atoms with E-state index >= 15 is 0 Å². The summed E-state index contributed by atoms with van der Waals surface area (Å²) in [5.74, 6) is 0.544. The van der Waals surface area contributed by atoms with E-state index < -0.39 is 0 Å². The lowest BCUT2D eigenvalue weighted by Gasteiger charge is -2.22. The van der Waals surface area contributed by atoms with Crippen molar-refractivity contribution in [2.75, 3.05) is 18.5 Å². The molecule has 1 aliphatic heterocycles. The molecule has 120 valence electrons. The largest absolute Gasteiger partial charge is 0.460 e. The summed E-state index contributed by atoms with van der Waals surface area (Å²) in [5, 5.41) is 8.13. The highest BCUT2D eigenvalue weighted by atomic mass is 35.5. The molecule has 2 aromatic heterocycles. The quantitative estimate of drug-likeness (QED) is 0.910. The van der Waals surface area contributed by atoms with Gasteiger partial charge in [0.05, 0.1) is 12.3 Å². The van der Waals surface area contributed by atoms with Crippen molar-refractivity contribution in [2.24, 2.45) is 0 Å². The summed E-state index contributed by atoms with van der Waals surface area (Å²) in [5.41, 5.74) is 0.637. The van der Waals surface area contributed by atoms with Crippen LogP contribution in [0.5, 0.6) is 6.01 Å². The fraction of sp³-hybridized carbons (Fsp3) is 0.643. The number of halogens is 1. The van der Waals surface area contributed by atoms with E-state index in [1.807, 2.05) is 6.92 Å². The smallest absolute Gasteiger partial charge is 0.320 e. The first-order valence-electron chi connectivity index (χ1n) is 7.59. The number of nitrogens with one attached hydrogen (secondary N) is 1. The molecule has 0 aliphatic carbocycles. The van der Waals surface area contributed by atoms with Crippen molar-refractivity contribution >= 4 is 23.1 Å². The van der Waals surface area contributed by atoms with Crippen LogP contribution in [0, 0.1) is 0 Å². The van der Waals surface area contributed by atoms with E-state index in [-0.39, 0.29) is 6.10 Å². The molecular weight excluding hydrogens is 306 g/mol. The van der Waals surface area contributed by atoms with Crippen LogP contribution in [-0.2, 0) is 4.74 Å². The van der Waals surface area contributed by atoms with Crippen LogP contribution in [0.15, 0.2) is 6.20 Å². The highest BCUT2D eigenvalue weighted by Crippen LogP contribution is 2.23. The topological polar surface area (TPSA) is 73.6 Å². The summed E-state index contributed by atoms with van der Waals surface area (Å²) in [6.45, 7) is 5.56. The lowest BCUT2D eigenvalue weighted by atomic mass is 10.1. The van der Waals surface area contributed by atoms with E-state index in [0.717, 1.165) is 32.5 Å². The summed E-state index contributed by atoms with van der Waals surface area (Å²) in [6.07, 6.45) is 4.48. The zero-order valence-corrected chi connectivity index (χ0v) is 13.5. The number of hydrogen-bond acceptors (Lipinski definition) is 6. The molecule has 0 spiro atoms. The zero-order chi connectivity index (χ0) is 15.5. The van der Waals surface area contributed by atoms with Gasteiger partial charge in [0.2, 0.25) is 5.95 Å². The third-order valence-corrected chi connectivity index (χ3v) is 4.03. The number of anilines is 1. The second-order valence-corrected chi connectivity index (χ2v) is 5.79. The van der Waals surface area contributed by atoms with Gasteiger partial charge in [0.1, 0.15) is 5.52 Å². The van der Waals surface area contributed by atoms with Crippen LogP contribution >= 0.6 is 11.6 Å². The van der Waals surface area contributed by atoms with Gasteiger partial charge in [-0.2, -0.15) is 9.50 Å². The van der Waals surface area contributed by atoms with Gasteiger partial charge in [-0.1, -0.05) is 18.5 Å². The molecule has 0 saturated carbocycles. The molecule has 22 heavy (non-hydrogen) atoms. The zero-order valence-electron chi connectivity index (χ0n) is 12.8. The first kappa shape index (κ1) is 15.3. The van der Waals surface area contributed by atoms with Gasteiger partial charge in [0.15, 0.2) is 5.15 Å². The van der Waals surface area contributed by atoms with Crippen molar-refractivity contribution in [1.82, 2.24) is 19.6 Å². The van der Waals surface area contributed by atoms with Crippen molar-refractivity contribution in [3.8, 4) is 6.01 Å². The van der Waals surface area contributed by atoms with Gasteiger partial charge < -0.3 is 14.8 Å². The van der Waals surface area contributed by atoms with Gasteiger partial charge in [-0.25, -0.2) is 4.98 Å². The van der Waals surface area contributed by atoms with Gasteiger partial charge in [-0.15, -0.1) is 5.10 Å². The molecule has 1 aliphatic rings. The minimum atomic E-state index is 0.0449. The Morgan fingerprint density at radius 2 is 2.27 bits per heavy atom. The maximum Gasteiger partial charge on any atom is 0.320 e. The first-order chi connectivity index (χ1) is 10.7. The van der Waals surface area contributed by atoms with Gasteiger partial charge in [0, 0.05) is 19.3 Å². The molecule has 1 N–H and O–H groups in total. The molecule has 7 nitrogen and oxygen atoms in total. The van der Waals surface area contributed by atoms with E-state index in [1.165, 1.54) is 0 Å². The minimum absolute atomic E-state index is 0.0449. The van der Waals surface area contributed by atoms with Gasteiger partial charge in [-0.3, -0.25) is 0 Å². The molecular formula is C14H20ClN5O2.